The molecule has 21 heavy (non-hydrogen) atoms. The Morgan fingerprint density at radius 2 is 1.95 bits per heavy atom. The number of carbonyl (C=O) groups excluding carboxylic acids is 1. The van der Waals surface area contributed by atoms with Crippen molar-refractivity contribution >= 4 is 11.7 Å². The lowest BCUT2D eigenvalue weighted by Crippen LogP contribution is -2.39. The molecule has 3 N–H and O–H groups in total. The largest absolute Gasteiger partial charge is 0.309 e. The third-order valence-electron chi connectivity index (χ3n) is 3.56. The molecule has 2 atom stereocenters. The molecule has 0 radical (unpaired) electrons. The number of carbonyl (C=O) groups is 1. The number of aromatic nitrogens is 1. The van der Waals surface area contributed by atoms with Gasteiger partial charge in [-0.1, -0.05) is 36.4 Å². The van der Waals surface area contributed by atoms with Crippen molar-refractivity contribution in [1.29, 1.82) is 0 Å². The van der Waals surface area contributed by atoms with Crippen molar-refractivity contribution in [3.05, 3.63) is 59.8 Å². The van der Waals surface area contributed by atoms with Crippen molar-refractivity contribution in [1.82, 2.24) is 15.8 Å². The standard InChI is InChI=1S/C16H18N4O/c1-11-6-5-9-15(17-11)18-16(21)14-10-13(19-20-14)12-7-3-2-4-8-12/h2-9,13-14,19-20H,10H2,1H3,(H,17,18,21). The molecule has 0 spiro atoms. The number of benzene rings is 1. The van der Waals surface area contributed by atoms with E-state index in [9.17, 15) is 4.79 Å². The van der Waals surface area contributed by atoms with Crippen LogP contribution in [-0.2, 0) is 4.79 Å². The van der Waals surface area contributed by atoms with Crippen molar-refractivity contribution in [2.24, 2.45) is 0 Å². The summed E-state index contributed by atoms with van der Waals surface area (Å²) >= 11 is 0. The molecule has 1 aliphatic heterocycles. The molecule has 3 rings (SSSR count). The number of anilines is 1. The number of aryl methyl sites for hydroxylation is 1. The molecule has 1 saturated heterocycles. The van der Waals surface area contributed by atoms with Gasteiger partial charge in [-0.25, -0.2) is 15.8 Å². The zero-order valence-corrected chi connectivity index (χ0v) is 11.8. The van der Waals surface area contributed by atoms with Crippen LogP contribution in [0, 0.1) is 6.92 Å². The summed E-state index contributed by atoms with van der Waals surface area (Å²) in [6.07, 6.45) is 0.710. The van der Waals surface area contributed by atoms with Gasteiger partial charge < -0.3 is 5.32 Å². The molecular formula is C16H18N4O. The minimum absolute atomic E-state index is 0.0703. The van der Waals surface area contributed by atoms with E-state index in [0.29, 0.717) is 12.2 Å². The number of hydrogen-bond donors (Lipinski definition) is 3. The van der Waals surface area contributed by atoms with Gasteiger partial charge in [0, 0.05) is 11.7 Å². The summed E-state index contributed by atoms with van der Waals surface area (Å²) < 4.78 is 0. The maximum absolute atomic E-state index is 12.2. The highest BCUT2D eigenvalue weighted by atomic mass is 16.2. The first kappa shape index (κ1) is 13.7. The van der Waals surface area contributed by atoms with Crippen LogP contribution in [0.15, 0.2) is 48.5 Å². The molecular weight excluding hydrogens is 264 g/mol. The quantitative estimate of drug-likeness (QED) is 0.805. The van der Waals surface area contributed by atoms with Crippen molar-refractivity contribution in [2.75, 3.05) is 5.32 Å². The topological polar surface area (TPSA) is 66.1 Å². The van der Waals surface area contributed by atoms with Gasteiger partial charge in [0.2, 0.25) is 5.91 Å². The lowest BCUT2D eigenvalue weighted by molar-refractivity contribution is -0.117. The van der Waals surface area contributed by atoms with E-state index in [1.54, 1.807) is 6.07 Å². The molecule has 0 saturated carbocycles. The highest BCUT2D eigenvalue weighted by Gasteiger charge is 2.30. The van der Waals surface area contributed by atoms with E-state index in [1.165, 1.54) is 5.56 Å². The summed E-state index contributed by atoms with van der Waals surface area (Å²) in [5.41, 5.74) is 8.28. The van der Waals surface area contributed by atoms with Gasteiger partial charge in [0.05, 0.1) is 0 Å². The van der Waals surface area contributed by atoms with Gasteiger partial charge in [-0.3, -0.25) is 4.79 Å². The summed E-state index contributed by atoms with van der Waals surface area (Å²) in [6.45, 7) is 1.90. The second kappa shape index (κ2) is 6.03. The van der Waals surface area contributed by atoms with Gasteiger partial charge in [-0.05, 0) is 31.0 Å². The van der Waals surface area contributed by atoms with Gasteiger partial charge in [0.25, 0.3) is 0 Å². The summed E-state index contributed by atoms with van der Waals surface area (Å²) in [4.78, 5) is 16.5. The van der Waals surface area contributed by atoms with Gasteiger partial charge in [-0.2, -0.15) is 0 Å². The van der Waals surface area contributed by atoms with Crippen LogP contribution in [0.25, 0.3) is 0 Å². The van der Waals surface area contributed by atoms with Crippen LogP contribution in [0.3, 0.4) is 0 Å². The molecule has 1 fully saturated rings. The molecule has 1 aromatic carbocycles. The number of pyridine rings is 1. The molecule has 0 bridgehead atoms. The minimum atomic E-state index is -0.266. The van der Waals surface area contributed by atoms with Crippen LogP contribution < -0.4 is 16.2 Å². The van der Waals surface area contributed by atoms with Gasteiger partial charge in [-0.15, -0.1) is 0 Å². The van der Waals surface area contributed by atoms with Crippen LogP contribution in [0.5, 0.6) is 0 Å². The fourth-order valence-electron chi connectivity index (χ4n) is 2.46. The normalized spacial score (nSPS) is 21.2. The van der Waals surface area contributed by atoms with Crippen LogP contribution in [0.1, 0.15) is 23.7 Å². The Kier molecular flexibility index (Phi) is 3.94. The SMILES string of the molecule is Cc1cccc(NC(=O)C2CC(c3ccccc3)NN2)n1. The molecule has 5 heteroatoms. The Morgan fingerprint density at radius 1 is 1.14 bits per heavy atom. The predicted octanol–water partition coefficient (Wildman–Crippen LogP) is 1.94. The summed E-state index contributed by atoms with van der Waals surface area (Å²) in [6, 6.07) is 15.6. The van der Waals surface area contributed by atoms with E-state index in [4.69, 9.17) is 0 Å². The number of hydrazine groups is 1. The zero-order valence-electron chi connectivity index (χ0n) is 11.8. The first-order valence-corrected chi connectivity index (χ1v) is 7.03. The highest BCUT2D eigenvalue weighted by molar-refractivity contribution is 5.94. The van der Waals surface area contributed by atoms with Crippen LogP contribution >= 0.6 is 0 Å². The fraction of sp³-hybridized carbons (Fsp3) is 0.250. The molecule has 1 aromatic heterocycles. The Hall–Kier alpha value is -2.24. The van der Waals surface area contributed by atoms with Crippen molar-refractivity contribution < 1.29 is 4.79 Å². The molecule has 2 heterocycles. The third-order valence-corrected chi connectivity index (χ3v) is 3.56. The van der Waals surface area contributed by atoms with E-state index in [-0.39, 0.29) is 18.0 Å². The van der Waals surface area contributed by atoms with E-state index in [0.717, 1.165) is 5.69 Å². The average molecular weight is 282 g/mol. The van der Waals surface area contributed by atoms with E-state index in [2.05, 4.69) is 33.3 Å². The van der Waals surface area contributed by atoms with Crippen molar-refractivity contribution in [3.8, 4) is 0 Å². The maximum Gasteiger partial charge on any atom is 0.244 e. The second-order valence-corrected chi connectivity index (χ2v) is 5.19. The second-order valence-electron chi connectivity index (χ2n) is 5.19. The monoisotopic (exact) mass is 282 g/mol. The summed E-state index contributed by atoms with van der Waals surface area (Å²) in [7, 11) is 0. The Balaban J connectivity index is 1.62. The lowest BCUT2D eigenvalue weighted by Gasteiger charge is -2.10. The first-order chi connectivity index (χ1) is 10.2. The Labute approximate surface area is 123 Å². The number of nitrogens with one attached hydrogen (secondary N) is 3. The molecule has 2 unspecified atom stereocenters. The number of rotatable bonds is 3. The first-order valence-electron chi connectivity index (χ1n) is 7.03. The van der Waals surface area contributed by atoms with E-state index < -0.39 is 0 Å². The molecule has 5 nitrogen and oxygen atoms in total. The van der Waals surface area contributed by atoms with Crippen molar-refractivity contribution in [2.45, 2.75) is 25.4 Å². The third kappa shape index (κ3) is 3.26. The molecule has 108 valence electrons. The zero-order chi connectivity index (χ0) is 14.7. The Morgan fingerprint density at radius 3 is 2.71 bits per heavy atom. The Bertz CT molecular complexity index is 629. The van der Waals surface area contributed by atoms with Crippen molar-refractivity contribution in [3.63, 3.8) is 0 Å². The number of nitrogens with zero attached hydrogens (tertiary/aromatic N) is 1. The maximum atomic E-state index is 12.2. The van der Waals surface area contributed by atoms with Gasteiger partial charge in [0.1, 0.15) is 11.9 Å². The van der Waals surface area contributed by atoms with E-state index >= 15 is 0 Å². The summed E-state index contributed by atoms with van der Waals surface area (Å²) in [5, 5.41) is 2.84. The molecule has 1 amide bonds. The van der Waals surface area contributed by atoms with Crippen LogP contribution in [-0.4, -0.2) is 16.9 Å². The average Bonchev–Trinajstić information content (AvgIpc) is 2.98. The highest BCUT2D eigenvalue weighted by Crippen LogP contribution is 2.22. The minimum Gasteiger partial charge on any atom is -0.309 e. The molecule has 0 aliphatic carbocycles. The van der Waals surface area contributed by atoms with Crippen LogP contribution in [0.2, 0.25) is 0 Å². The predicted molar refractivity (Wildman–Crippen MR) is 81.5 cm³/mol. The summed E-state index contributed by atoms with van der Waals surface area (Å²) in [5.74, 6) is 0.518. The lowest BCUT2D eigenvalue weighted by atomic mass is 10.0. The smallest absolute Gasteiger partial charge is 0.244 e. The number of hydrogen-bond acceptors (Lipinski definition) is 4. The molecule has 2 aromatic rings. The van der Waals surface area contributed by atoms with Gasteiger partial charge in [0.15, 0.2) is 0 Å². The van der Waals surface area contributed by atoms with E-state index in [1.807, 2.05) is 37.3 Å². The fourth-order valence-corrected chi connectivity index (χ4v) is 2.46. The molecule has 1 aliphatic rings. The van der Waals surface area contributed by atoms with Gasteiger partial charge >= 0.3 is 0 Å². The van der Waals surface area contributed by atoms with Crippen LogP contribution in [0.4, 0.5) is 5.82 Å². The number of amides is 1.